The molecular formula is C19H28ClN3O3S. The van der Waals surface area contributed by atoms with Crippen LogP contribution in [-0.2, 0) is 10.0 Å². The van der Waals surface area contributed by atoms with E-state index in [1.54, 1.807) is 0 Å². The molecule has 2 fully saturated rings. The van der Waals surface area contributed by atoms with E-state index < -0.39 is 10.0 Å². The van der Waals surface area contributed by atoms with E-state index in [1.165, 1.54) is 35.3 Å². The lowest BCUT2D eigenvalue weighted by Gasteiger charge is -2.20. The summed E-state index contributed by atoms with van der Waals surface area (Å²) in [5.41, 5.74) is 0.217. The Morgan fingerprint density at radius 1 is 1.00 bits per heavy atom. The second-order valence-electron chi connectivity index (χ2n) is 7.26. The van der Waals surface area contributed by atoms with E-state index in [2.05, 4.69) is 10.2 Å². The zero-order valence-electron chi connectivity index (χ0n) is 15.6. The molecule has 2 aliphatic rings. The van der Waals surface area contributed by atoms with Crippen molar-refractivity contribution in [2.45, 2.75) is 43.4 Å². The van der Waals surface area contributed by atoms with Gasteiger partial charge in [0.2, 0.25) is 10.0 Å². The Bertz CT molecular complexity index is 755. The van der Waals surface area contributed by atoms with Gasteiger partial charge in [0.25, 0.3) is 5.91 Å². The fourth-order valence-corrected chi connectivity index (χ4v) is 5.45. The fourth-order valence-electron chi connectivity index (χ4n) is 3.70. The highest BCUT2D eigenvalue weighted by molar-refractivity contribution is 7.89. The highest BCUT2D eigenvalue weighted by Crippen LogP contribution is 2.25. The fraction of sp³-hybridized carbons (Fsp3) is 0.632. The first-order chi connectivity index (χ1) is 13.0. The van der Waals surface area contributed by atoms with Gasteiger partial charge in [-0.05, 0) is 57.0 Å². The van der Waals surface area contributed by atoms with Gasteiger partial charge in [-0.1, -0.05) is 24.4 Å². The number of hydrogen-bond donors (Lipinski definition) is 1. The number of likely N-dealkylation sites (tertiary alicyclic amines) is 1. The lowest BCUT2D eigenvalue weighted by molar-refractivity contribution is 0.0949. The van der Waals surface area contributed by atoms with E-state index in [0.29, 0.717) is 19.6 Å². The highest BCUT2D eigenvalue weighted by Gasteiger charge is 2.26. The standard InChI is InChI=1S/C19H28ClN3O3S/c20-18-8-7-16(27(25,26)23-12-3-1-2-4-13-23)15-17(18)19(24)21-9-14-22-10-5-6-11-22/h7-8,15H,1-6,9-14H2,(H,21,24). The van der Waals surface area contributed by atoms with E-state index in [1.807, 2.05) is 0 Å². The first-order valence-electron chi connectivity index (χ1n) is 9.79. The van der Waals surface area contributed by atoms with Crippen molar-refractivity contribution in [3.8, 4) is 0 Å². The van der Waals surface area contributed by atoms with Crippen molar-refractivity contribution in [1.29, 1.82) is 0 Å². The number of sulfonamides is 1. The quantitative estimate of drug-likeness (QED) is 0.778. The molecule has 0 unspecified atom stereocenters. The normalized spacial score (nSPS) is 19.7. The molecule has 0 radical (unpaired) electrons. The number of carbonyl (C=O) groups is 1. The highest BCUT2D eigenvalue weighted by atomic mass is 35.5. The second-order valence-corrected chi connectivity index (χ2v) is 9.61. The van der Waals surface area contributed by atoms with E-state index in [-0.39, 0.29) is 21.4 Å². The zero-order valence-corrected chi connectivity index (χ0v) is 17.2. The van der Waals surface area contributed by atoms with Gasteiger partial charge in [0, 0.05) is 26.2 Å². The Labute approximate surface area is 166 Å². The average molecular weight is 414 g/mol. The van der Waals surface area contributed by atoms with Gasteiger partial charge in [0.05, 0.1) is 15.5 Å². The molecule has 6 nitrogen and oxygen atoms in total. The van der Waals surface area contributed by atoms with Crippen LogP contribution in [-0.4, -0.2) is 62.8 Å². The lowest BCUT2D eigenvalue weighted by Crippen LogP contribution is -2.34. The molecule has 8 heteroatoms. The van der Waals surface area contributed by atoms with Gasteiger partial charge >= 0.3 is 0 Å². The number of benzene rings is 1. The number of halogens is 1. The van der Waals surface area contributed by atoms with Crippen LogP contribution in [0.25, 0.3) is 0 Å². The molecule has 0 aliphatic carbocycles. The van der Waals surface area contributed by atoms with Crippen molar-refractivity contribution in [1.82, 2.24) is 14.5 Å². The third-order valence-corrected chi connectivity index (χ3v) is 7.52. The van der Waals surface area contributed by atoms with Crippen molar-refractivity contribution < 1.29 is 13.2 Å². The summed E-state index contributed by atoms with van der Waals surface area (Å²) in [5.74, 6) is -0.327. The van der Waals surface area contributed by atoms with Gasteiger partial charge in [-0.25, -0.2) is 8.42 Å². The Morgan fingerprint density at radius 2 is 1.63 bits per heavy atom. The minimum absolute atomic E-state index is 0.137. The number of nitrogens with one attached hydrogen (secondary N) is 1. The molecule has 0 atom stereocenters. The monoisotopic (exact) mass is 413 g/mol. The molecule has 0 saturated carbocycles. The minimum atomic E-state index is -3.61. The molecule has 3 rings (SSSR count). The molecule has 0 aromatic heterocycles. The molecule has 27 heavy (non-hydrogen) atoms. The third-order valence-electron chi connectivity index (χ3n) is 5.30. The summed E-state index contributed by atoms with van der Waals surface area (Å²) in [5, 5.41) is 3.13. The Hall–Kier alpha value is -1.15. The maximum atomic E-state index is 13.0. The predicted molar refractivity (Wildman–Crippen MR) is 107 cm³/mol. The van der Waals surface area contributed by atoms with Crippen LogP contribution in [0.15, 0.2) is 23.1 Å². The zero-order chi connectivity index (χ0) is 19.3. The maximum absolute atomic E-state index is 13.0. The summed E-state index contributed by atoms with van der Waals surface area (Å²) >= 11 is 6.18. The van der Waals surface area contributed by atoms with Gasteiger partial charge in [-0.3, -0.25) is 4.79 Å². The number of carbonyl (C=O) groups excluding carboxylic acids is 1. The van der Waals surface area contributed by atoms with E-state index in [9.17, 15) is 13.2 Å². The number of nitrogens with zero attached hydrogens (tertiary/aromatic N) is 2. The van der Waals surface area contributed by atoms with Crippen molar-refractivity contribution in [2.24, 2.45) is 0 Å². The minimum Gasteiger partial charge on any atom is -0.351 e. The van der Waals surface area contributed by atoms with Gasteiger partial charge in [-0.15, -0.1) is 0 Å². The molecule has 2 aliphatic heterocycles. The van der Waals surface area contributed by atoms with Crippen LogP contribution in [0.3, 0.4) is 0 Å². The first kappa shape index (κ1) is 20.6. The van der Waals surface area contributed by atoms with Gasteiger partial charge in [-0.2, -0.15) is 4.31 Å². The number of amides is 1. The van der Waals surface area contributed by atoms with E-state index >= 15 is 0 Å². The van der Waals surface area contributed by atoms with Gasteiger partial charge < -0.3 is 10.2 Å². The smallest absolute Gasteiger partial charge is 0.252 e. The summed E-state index contributed by atoms with van der Waals surface area (Å²) in [6.45, 7) is 4.53. The molecule has 1 N–H and O–H groups in total. The average Bonchev–Trinajstić information content (AvgIpc) is 3.00. The van der Waals surface area contributed by atoms with Gasteiger partial charge in [0.15, 0.2) is 0 Å². The lowest BCUT2D eigenvalue weighted by atomic mass is 10.2. The van der Waals surface area contributed by atoms with Gasteiger partial charge in [0.1, 0.15) is 0 Å². The van der Waals surface area contributed by atoms with Crippen molar-refractivity contribution in [2.75, 3.05) is 39.3 Å². The van der Waals surface area contributed by atoms with Crippen molar-refractivity contribution in [3.63, 3.8) is 0 Å². The van der Waals surface area contributed by atoms with E-state index in [0.717, 1.165) is 45.3 Å². The van der Waals surface area contributed by atoms with Crippen LogP contribution in [0.2, 0.25) is 5.02 Å². The Kier molecular flexibility index (Phi) is 7.14. The molecule has 1 amide bonds. The van der Waals surface area contributed by atoms with Crippen LogP contribution >= 0.6 is 11.6 Å². The summed E-state index contributed by atoms with van der Waals surface area (Å²) < 4.78 is 27.4. The summed E-state index contributed by atoms with van der Waals surface area (Å²) in [6.07, 6.45) is 6.26. The van der Waals surface area contributed by atoms with E-state index in [4.69, 9.17) is 11.6 Å². The molecule has 0 spiro atoms. The SMILES string of the molecule is O=C(NCCN1CCCC1)c1cc(S(=O)(=O)N2CCCCCC2)ccc1Cl. The summed E-state index contributed by atoms with van der Waals surface area (Å²) in [6, 6.07) is 4.40. The summed E-state index contributed by atoms with van der Waals surface area (Å²) in [7, 11) is -3.61. The van der Waals surface area contributed by atoms with Crippen LogP contribution in [0, 0.1) is 0 Å². The van der Waals surface area contributed by atoms with Crippen LogP contribution in [0.4, 0.5) is 0 Å². The van der Waals surface area contributed by atoms with Crippen LogP contribution in [0.1, 0.15) is 48.9 Å². The molecule has 2 saturated heterocycles. The molecule has 150 valence electrons. The van der Waals surface area contributed by atoms with Crippen LogP contribution in [0.5, 0.6) is 0 Å². The summed E-state index contributed by atoms with van der Waals surface area (Å²) in [4.78, 5) is 15.0. The number of hydrogen-bond acceptors (Lipinski definition) is 4. The topological polar surface area (TPSA) is 69.7 Å². The van der Waals surface area contributed by atoms with Crippen molar-refractivity contribution in [3.05, 3.63) is 28.8 Å². The first-order valence-corrected chi connectivity index (χ1v) is 11.6. The molecular weight excluding hydrogens is 386 g/mol. The molecule has 2 heterocycles. The maximum Gasteiger partial charge on any atom is 0.252 e. The second kappa shape index (κ2) is 9.37. The number of rotatable bonds is 6. The van der Waals surface area contributed by atoms with Crippen molar-refractivity contribution >= 4 is 27.5 Å². The Balaban J connectivity index is 1.69. The molecule has 1 aromatic rings. The molecule has 1 aromatic carbocycles. The predicted octanol–water partition coefficient (Wildman–Crippen LogP) is 2.73. The van der Waals surface area contributed by atoms with Crippen LogP contribution < -0.4 is 5.32 Å². The third kappa shape index (κ3) is 5.22. The molecule has 0 bridgehead atoms. The largest absolute Gasteiger partial charge is 0.351 e. The Morgan fingerprint density at radius 3 is 2.30 bits per heavy atom.